The zero-order chi connectivity index (χ0) is 18.7. The first kappa shape index (κ1) is 18.7. The number of ether oxygens (including phenoxy) is 1. The molecule has 1 aliphatic rings. The Labute approximate surface area is 158 Å². The highest BCUT2D eigenvalue weighted by Gasteiger charge is 2.35. The van der Waals surface area contributed by atoms with E-state index < -0.39 is 9.84 Å². The fraction of sp³-hybridized carbons (Fsp3) is 0.316. The first-order valence-corrected chi connectivity index (χ1v) is 10.5. The van der Waals surface area contributed by atoms with Gasteiger partial charge in [-0.2, -0.15) is 0 Å². The van der Waals surface area contributed by atoms with Gasteiger partial charge in [0.25, 0.3) is 5.91 Å². The Morgan fingerprint density at radius 1 is 1.23 bits per heavy atom. The van der Waals surface area contributed by atoms with Crippen molar-refractivity contribution in [3.05, 3.63) is 64.7 Å². The second-order valence-electron chi connectivity index (χ2n) is 6.32. The van der Waals surface area contributed by atoms with Gasteiger partial charge < -0.3 is 9.64 Å². The molecule has 1 amide bonds. The molecule has 0 radical (unpaired) electrons. The number of halogens is 1. The molecule has 2 aromatic rings. The smallest absolute Gasteiger partial charge is 0.258 e. The summed E-state index contributed by atoms with van der Waals surface area (Å²) in [6.07, 6.45) is 0.434. The van der Waals surface area contributed by atoms with Crippen molar-refractivity contribution in [1.29, 1.82) is 0 Å². The second-order valence-corrected chi connectivity index (χ2v) is 8.99. The SMILES string of the molecule is COc1ccccc1C(=O)N(Cc1cccc(Cl)c1)[C@H]1CCS(=O)(=O)C1. The van der Waals surface area contributed by atoms with Crippen molar-refractivity contribution in [2.75, 3.05) is 18.6 Å². The van der Waals surface area contributed by atoms with E-state index in [1.54, 1.807) is 41.3 Å². The monoisotopic (exact) mass is 393 g/mol. The van der Waals surface area contributed by atoms with Gasteiger partial charge in [-0.25, -0.2) is 8.42 Å². The molecule has 0 aliphatic carbocycles. The molecule has 7 heteroatoms. The Hall–Kier alpha value is -2.05. The van der Waals surface area contributed by atoms with Gasteiger partial charge in [-0.05, 0) is 36.2 Å². The van der Waals surface area contributed by atoms with Gasteiger partial charge in [-0.15, -0.1) is 0 Å². The number of para-hydroxylation sites is 1. The molecule has 3 rings (SSSR count). The van der Waals surface area contributed by atoms with Crippen LogP contribution >= 0.6 is 11.6 Å². The summed E-state index contributed by atoms with van der Waals surface area (Å²) in [5.41, 5.74) is 1.27. The number of carbonyl (C=O) groups excluding carboxylic acids is 1. The fourth-order valence-electron chi connectivity index (χ4n) is 3.20. The fourth-order valence-corrected chi connectivity index (χ4v) is 5.14. The van der Waals surface area contributed by atoms with E-state index in [0.717, 1.165) is 5.56 Å². The number of hydrogen-bond acceptors (Lipinski definition) is 4. The van der Waals surface area contributed by atoms with E-state index in [-0.39, 0.29) is 30.0 Å². The molecule has 0 unspecified atom stereocenters. The van der Waals surface area contributed by atoms with Crippen LogP contribution in [0.3, 0.4) is 0 Å². The van der Waals surface area contributed by atoms with Gasteiger partial charge in [0.2, 0.25) is 0 Å². The molecule has 1 atom stereocenters. The van der Waals surface area contributed by atoms with Crippen molar-refractivity contribution in [1.82, 2.24) is 4.90 Å². The predicted octanol–water partition coefficient (Wildman–Crippen LogP) is 3.18. The zero-order valence-electron chi connectivity index (χ0n) is 14.4. The van der Waals surface area contributed by atoms with E-state index in [9.17, 15) is 13.2 Å². The Morgan fingerprint density at radius 3 is 2.65 bits per heavy atom. The molecule has 0 aromatic heterocycles. The van der Waals surface area contributed by atoms with Crippen LogP contribution in [0.5, 0.6) is 5.75 Å². The number of hydrogen-bond donors (Lipinski definition) is 0. The number of methoxy groups -OCH3 is 1. The first-order chi connectivity index (χ1) is 12.4. The maximum absolute atomic E-state index is 13.2. The maximum atomic E-state index is 13.2. The molecule has 5 nitrogen and oxygen atoms in total. The second kappa shape index (κ2) is 7.68. The molecule has 0 bridgehead atoms. The summed E-state index contributed by atoms with van der Waals surface area (Å²) in [5, 5.41) is 0.575. The molecule has 1 heterocycles. The van der Waals surface area contributed by atoms with Crippen LogP contribution in [0.25, 0.3) is 0 Å². The topological polar surface area (TPSA) is 63.7 Å². The number of rotatable bonds is 5. The minimum atomic E-state index is -3.12. The number of carbonyl (C=O) groups is 1. The lowest BCUT2D eigenvalue weighted by Crippen LogP contribution is -2.40. The van der Waals surface area contributed by atoms with E-state index in [4.69, 9.17) is 16.3 Å². The molecule has 138 valence electrons. The van der Waals surface area contributed by atoms with Crippen LogP contribution in [0.1, 0.15) is 22.3 Å². The lowest BCUT2D eigenvalue weighted by Gasteiger charge is -2.29. The predicted molar refractivity (Wildman–Crippen MR) is 101 cm³/mol. The molecular formula is C19H20ClNO4S. The highest BCUT2D eigenvalue weighted by atomic mass is 35.5. The summed E-state index contributed by atoms with van der Waals surface area (Å²) >= 11 is 6.06. The molecule has 26 heavy (non-hydrogen) atoms. The first-order valence-electron chi connectivity index (χ1n) is 8.28. The third-order valence-electron chi connectivity index (χ3n) is 4.49. The lowest BCUT2D eigenvalue weighted by atomic mass is 10.1. The van der Waals surface area contributed by atoms with Gasteiger partial charge in [-0.1, -0.05) is 35.9 Å². The van der Waals surface area contributed by atoms with Crippen molar-refractivity contribution in [2.24, 2.45) is 0 Å². The van der Waals surface area contributed by atoms with Gasteiger partial charge in [0.1, 0.15) is 5.75 Å². The van der Waals surface area contributed by atoms with Crippen LogP contribution in [0.4, 0.5) is 0 Å². The van der Waals surface area contributed by atoms with Crippen LogP contribution < -0.4 is 4.74 Å². The number of amides is 1. The molecule has 1 saturated heterocycles. The summed E-state index contributed by atoms with van der Waals surface area (Å²) in [7, 11) is -1.62. The van der Waals surface area contributed by atoms with E-state index in [1.165, 1.54) is 7.11 Å². The average molecular weight is 394 g/mol. The zero-order valence-corrected chi connectivity index (χ0v) is 16.0. The largest absolute Gasteiger partial charge is 0.496 e. The average Bonchev–Trinajstić information content (AvgIpc) is 2.98. The summed E-state index contributed by atoms with van der Waals surface area (Å²) in [6, 6.07) is 13.8. The Kier molecular flexibility index (Phi) is 5.53. The van der Waals surface area contributed by atoms with Crippen LogP contribution in [-0.2, 0) is 16.4 Å². The highest BCUT2D eigenvalue weighted by Crippen LogP contribution is 2.26. The third kappa shape index (κ3) is 4.19. The molecule has 0 saturated carbocycles. The van der Waals surface area contributed by atoms with E-state index in [0.29, 0.717) is 22.8 Å². The van der Waals surface area contributed by atoms with Crippen LogP contribution in [-0.4, -0.2) is 43.9 Å². The van der Waals surface area contributed by atoms with Gasteiger partial charge in [0.15, 0.2) is 9.84 Å². The van der Waals surface area contributed by atoms with Crippen molar-refractivity contribution in [3.8, 4) is 5.75 Å². The Bertz CT molecular complexity index is 913. The summed E-state index contributed by atoms with van der Waals surface area (Å²) in [5.74, 6) is 0.302. The van der Waals surface area contributed by atoms with E-state index in [2.05, 4.69) is 0 Å². The molecule has 1 fully saturated rings. The van der Waals surface area contributed by atoms with Crippen LogP contribution in [0, 0.1) is 0 Å². The van der Waals surface area contributed by atoms with Gasteiger partial charge in [0, 0.05) is 17.6 Å². The maximum Gasteiger partial charge on any atom is 0.258 e. The van der Waals surface area contributed by atoms with Crippen LogP contribution in [0.15, 0.2) is 48.5 Å². The third-order valence-corrected chi connectivity index (χ3v) is 6.47. The van der Waals surface area contributed by atoms with Gasteiger partial charge in [-0.3, -0.25) is 4.79 Å². The Morgan fingerprint density at radius 2 is 2.00 bits per heavy atom. The molecule has 2 aromatic carbocycles. The number of sulfone groups is 1. The minimum absolute atomic E-state index is 0.0194. The van der Waals surface area contributed by atoms with E-state index in [1.807, 2.05) is 12.1 Å². The Balaban J connectivity index is 1.95. The highest BCUT2D eigenvalue weighted by molar-refractivity contribution is 7.91. The summed E-state index contributed by atoms with van der Waals surface area (Å²) in [4.78, 5) is 14.8. The normalized spacial score (nSPS) is 18.5. The standard InChI is InChI=1S/C19H20ClNO4S/c1-25-18-8-3-2-7-17(18)19(22)21(16-9-10-26(23,24)13-16)12-14-5-4-6-15(20)11-14/h2-8,11,16H,9-10,12-13H2,1H3/t16-/m0/s1. The number of nitrogens with zero attached hydrogens (tertiary/aromatic N) is 1. The lowest BCUT2D eigenvalue weighted by molar-refractivity contribution is 0.0677. The number of benzene rings is 2. The summed E-state index contributed by atoms with van der Waals surface area (Å²) in [6.45, 7) is 0.289. The molecular weight excluding hydrogens is 374 g/mol. The quantitative estimate of drug-likeness (QED) is 0.782. The van der Waals surface area contributed by atoms with Crippen molar-refractivity contribution in [2.45, 2.75) is 19.0 Å². The van der Waals surface area contributed by atoms with Crippen molar-refractivity contribution in [3.63, 3.8) is 0 Å². The summed E-state index contributed by atoms with van der Waals surface area (Å²) < 4.78 is 29.2. The molecule has 0 spiro atoms. The van der Waals surface area contributed by atoms with E-state index >= 15 is 0 Å². The minimum Gasteiger partial charge on any atom is -0.496 e. The van der Waals surface area contributed by atoms with Crippen molar-refractivity contribution >= 4 is 27.3 Å². The van der Waals surface area contributed by atoms with Crippen LogP contribution in [0.2, 0.25) is 5.02 Å². The molecule has 0 N–H and O–H groups in total. The molecule has 1 aliphatic heterocycles. The van der Waals surface area contributed by atoms with Gasteiger partial charge >= 0.3 is 0 Å². The van der Waals surface area contributed by atoms with Crippen molar-refractivity contribution < 1.29 is 17.9 Å². The van der Waals surface area contributed by atoms with Gasteiger partial charge in [0.05, 0.1) is 24.2 Å².